The van der Waals surface area contributed by atoms with Crippen LogP contribution in [0.2, 0.25) is 0 Å². The van der Waals surface area contributed by atoms with Crippen molar-refractivity contribution in [2.75, 3.05) is 0 Å². The fraction of sp³-hybridized carbons (Fsp3) is 0.316. The van der Waals surface area contributed by atoms with Gasteiger partial charge in [0.1, 0.15) is 16.2 Å². The normalized spacial score (nSPS) is 12.3. The summed E-state index contributed by atoms with van der Waals surface area (Å²) >= 11 is 3.16. The highest BCUT2D eigenvalue weighted by atomic mass is 32.2. The second kappa shape index (κ2) is 7.54. The summed E-state index contributed by atoms with van der Waals surface area (Å²) in [6.45, 7) is 8.69. The molecule has 0 saturated heterocycles. The van der Waals surface area contributed by atoms with Crippen molar-refractivity contribution in [1.82, 2.24) is 15.3 Å². The van der Waals surface area contributed by atoms with Gasteiger partial charge in [-0.25, -0.2) is 9.97 Å². The lowest BCUT2D eigenvalue weighted by Crippen LogP contribution is -2.30. The van der Waals surface area contributed by atoms with Gasteiger partial charge < -0.3 is 5.32 Å². The lowest BCUT2D eigenvalue weighted by molar-refractivity contribution is -0.120. The first-order valence-corrected chi connectivity index (χ1v) is 9.86. The van der Waals surface area contributed by atoms with Crippen LogP contribution in [-0.2, 0) is 11.3 Å². The van der Waals surface area contributed by atoms with Gasteiger partial charge in [0, 0.05) is 16.8 Å². The molecular weight excluding hydrogens is 350 g/mol. The standard InChI is InChI=1S/C19H21N3OS2/c1-11-5-7-15(8-6-11)9-20-17(23)14(4)25-19-16-12(2)13(3)24-18(16)21-10-22-19/h5-8,10,14H,9H2,1-4H3,(H,20,23)/t14-/m1/s1. The van der Waals surface area contributed by atoms with E-state index < -0.39 is 0 Å². The van der Waals surface area contributed by atoms with E-state index in [4.69, 9.17) is 0 Å². The lowest BCUT2D eigenvalue weighted by Gasteiger charge is -2.12. The number of hydrogen-bond acceptors (Lipinski definition) is 5. The molecule has 3 rings (SSSR count). The Labute approximate surface area is 156 Å². The maximum atomic E-state index is 12.4. The van der Waals surface area contributed by atoms with E-state index in [-0.39, 0.29) is 11.2 Å². The van der Waals surface area contributed by atoms with E-state index in [0.717, 1.165) is 20.8 Å². The summed E-state index contributed by atoms with van der Waals surface area (Å²) in [6, 6.07) is 8.19. The van der Waals surface area contributed by atoms with E-state index >= 15 is 0 Å². The largest absolute Gasteiger partial charge is 0.351 e. The van der Waals surface area contributed by atoms with Crippen LogP contribution in [0.4, 0.5) is 0 Å². The van der Waals surface area contributed by atoms with Crippen LogP contribution < -0.4 is 5.32 Å². The topological polar surface area (TPSA) is 54.9 Å². The molecule has 130 valence electrons. The average molecular weight is 372 g/mol. The van der Waals surface area contributed by atoms with Crippen LogP contribution in [0.1, 0.15) is 28.5 Å². The first-order chi connectivity index (χ1) is 12.0. The number of benzene rings is 1. The van der Waals surface area contributed by atoms with Crippen LogP contribution in [0, 0.1) is 20.8 Å². The molecule has 0 spiro atoms. The summed E-state index contributed by atoms with van der Waals surface area (Å²) in [5, 5.41) is 4.74. The predicted octanol–water partition coefficient (Wildman–Crippen LogP) is 4.41. The molecule has 0 bridgehead atoms. The second-order valence-electron chi connectivity index (χ2n) is 6.11. The van der Waals surface area contributed by atoms with E-state index in [1.54, 1.807) is 17.7 Å². The van der Waals surface area contributed by atoms with Crippen LogP contribution in [-0.4, -0.2) is 21.1 Å². The molecule has 1 atom stereocenters. The first kappa shape index (κ1) is 17.9. The van der Waals surface area contributed by atoms with E-state index in [2.05, 4.69) is 48.2 Å². The van der Waals surface area contributed by atoms with Gasteiger partial charge in [-0.3, -0.25) is 4.79 Å². The summed E-state index contributed by atoms with van der Waals surface area (Å²) in [5.74, 6) is 0.0157. The van der Waals surface area contributed by atoms with Gasteiger partial charge in [-0.2, -0.15) is 0 Å². The summed E-state index contributed by atoms with van der Waals surface area (Å²) in [6.07, 6.45) is 1.58. The third-order valence-corrected chi connectivity index (χ3v) is 6.39. The van der Waals surface area contributed by atoms with Crippen molar-refractivity contribution in [2.24, 2.45) is 0 Å². The number of thioether (sulfide) groups is 1. The molecule has 4 nitrogen and oxygen atoms in total. The zero-order valence-corrected chi connectivity index (χ0v) is 16.4. The van der Waals surface area contributed by atoms with Crippen molar-refractivity contribution in [3.63, 3.8) is 0 Å². The van der Waals surface area contributed by atoms with Gasteiger partial charge in [-0.05, 0) is 38.8 Å². The monoisotopic (exact) mass is 371 g/mol. The van der Waals surface area contributed by atoms with Gasteiger partial charge in [-0.15, -0.1) is 11.3 Å². The third kappa shape index (κ3) is 4.02. The number of rotatable bonds is 5. The number of hydrogen-bond donors (Lipinski definition) is 1. The molecule has 25 heavy (non-hydrogen) atoms. The maximum Gasteiger partial charge on any atom is 0.233 e. The van der Waals surface area contributed by atoms with Crippen LogP contribution in [0.5, 0.6) is 0 Å². The van der Waals surface area contributed by atoms with Crippen LogP contribution >= 0.6 is 23.1 Å². The molecule has 0 aliphatic carbocycles. The molecule has 0 fully saturated rings. The number of aryl methyl sites for hydroxylation is 3. The minimum Gasteiger partial charge on any atom is -0.351 e. The Hall–Kier alpha value is -1.92. The van der Waals surface area contributed by atoms with Crippen molar-refractivity contribution < 1.29 is 4.79 Å². The molecular formula is C19H21N3OS2. The molecule has 0 saturated carbocycles. The summed E-state index contributed by atoms with van der Waals surface area (Å²) in [4.78, 5) is 23.4. The first-order valence-electron chi connectivity index (χ1n) is 8.16. The highest BCUT2D eigenvalue weighted by Gasteiger charge is 2.19. The lowest BCUT2D eigenvalue weighted by atomic mass is 10.1. The number of carbonyl (C=O) groups excluding carboxylic acids is 1. The van der Waals surface area contributed by atoms with Gasteiger partial charge >= 0.3 is 0 Å². The fourth-order valence-electron chi connectivity index (χ4n) is 2.50. The van der Waals surface area contributed by atoms with Crippen molar-refractivity contribution in [3.8, 4) is 0 Å². The minimum absolute atomic E-state index is 0.0157. The summed E-state index contributed by atoms with van der Waals surface area (Å²) in [7, 11) is 0. The van der Waals surface area contributed by atoms with Gasteiger partial charge in [0.2, 0.25) is 5.91 Å². The van der Waals surface area contributed by atoms with Crippen molar-refractivity contribution >= 4 is 39.2 Å². The molecule has 1 N–H and O–H groups in total. The molecule has 0 radical (unpaired) electrons. The molecule has 3 aromatic rings. The number of amides is 1. The van der Waals surface area contributed by atoms with E-state index in [1.165, 1.54) is 27.8 Å². The molecule has 1 amide bonds. The fourth-order valence-corrected chi connectivity index (χ4v) is 4.56. The van der Waals surface area contributed by atoms with Gasteiger partial charge in [-0.1, -0.05) is 41.6 Å². The van der Waals surface area contributed by atoms with E-state index in [9.17, 15) is 4.79 Å². The second-order valence-corrected chi connectivity index (χ2v) is 8.64. The smallest absolute Gasteiger partial charge is 0.233 e. The molecule has 6 heteroatoms. The van der Waals surface area contributed by atoms with Crippen LogP contribution in [0.25, 0.3) is 10.2 Å². The number of thiophene rings is 1. The van der Waals surface area contributed by atoms with Gasteiger partial charge in [0.15, 0.2) is 0 Å². The molecule has 0 aliphatic heterocycles. The Kier molecular flexibility index (Phi) is 5.39. The molecule has 0 unspecified atom stereocenters. The Morgan fingerprint density at radius 2 is 1.92 bits per heavy atom. The number of fused-ring (bicyclic) bond motifs is 1. The minimum atomic E-state index is -0.219. The maximum absolute atomic E-state index is 12.4. The quantitative estimate of drug-likeness (QED) is 0.533. The number of nitrogens with one attached hydrogen (secondary N) is 1. The van der Waals surface area contributed by atoms with E-state index in [1.807, 2.05) is 19.1 Å². The van der Waals surface area contributed by atoms with Crippen molar-refractivity contribution in [3.05, 3.63) is 52.2 Å². The number of nitrogens with zero attached hydrogens (tertiary/aromatic N) is 2. The average Bonchev–Trinajstić information content (AvgIpc) is 2.89. The SMILES string of the molecule is Cc1ccc(CNC(=O)[C@@H](C)Sc2ncnc3sc(C)c(C)c23)cc1. The van der Waals surface area contributed by atoms with Crippen molar-refractivity contribution in [2.45, 2.75) is 44.5 Å². The Balaban J connectivity index is 1.68. The van der Waals surface area contributed by atoms with E-state index in [0.29, 0.717) is 6.54 Å². The highest BCUT2D eigenvalue weighted by Crippen LogP contribution is 2.35. The van der Waals surface area contributed by atoms with Crippen LogP contribution in [0.15, 0.2) is 35.6 Å². The summed E-state index contributed by atoms with van der Waals surface area (Å²) in [5.41, 5.74) is 3.52. The zero-order chi connectivity index (χ0) is 18.0. The van der Waals surface area contributed by atoms with Gasteiger partial charge in [0.25, 0.3) is 0 Å². The molecule has 2 aromatic heterocycles. The molecule has 2 heterocycles. The molecule has 1 aromatic carbocycles. The number of aromatic nitrogens is 2. The number of carbonyl (C=O) groups is 1. The Morgan fingerprint density at radius 1 is 1.20 bits per heavy atom. The molecule has 0 aliphatic rings. The third-order valence-electron chi connectivity index (χ3n) is 4.18. The van der Waals surface area contributed by atoms with Crippen molar-refractivity contribution in [1.29, 1.82) is 0 Å². The predicted molar refractivity (Wildman–Crippen MR) is 105 cm³/mol. The zero-order valence-electron chi connectivity index (χ0n) is 14.8. The Morgan fingerprint density at radius 3 is 2.64 bits per heavy atom. The van der Waals surface area contributed by atoms with Gasteiger partial charge in [0.05, 0.1) is 5.25 Å². The van der Waals surface area contributed by atoms with Crippen LogP contribution in [0.3, 0.4) is 0 Å². The Bertz CT molecular complexity index is 903. The highest BCUT2D eigenvalue weighted by molar-refractivity contribution is 8.00. The summed E-state index contributed by atoms with van der Waals surface area (Å²) < 4.78 is 0.